The van der Waals surface area contributed by atoms with E-state index in [2.05, 4.69) is 41.1 Å². The van der Waals surface area contributed by atoms with Crippen molar-refractivity contribution < 1.29 is 33.0 Å². The Morgan fingerprint density at radius 2 is 1.76 bits per heavy atom. The molecular weight excluding hydrogens is 562 g/mol. The highest BCUT2D eigenvalue weighted by Gasteiger charge is 2.20. The number of furan rings is 1. The van der Waals surface area contributed by atoms with Gasteiger partial charge in [-0.2, -0.15) is 5.10 Å². The van der Waals surface area contributed by atoms with Crippen molar-refractivity contribution >= 4 is 29.7 Å². The van der Waals surface area contributed by atoms with Crippen molar-refractivity contribution in [2.45, 2.75) is 40.4 Å². The van der Waals surface area contributed by atoms with Crippen molar-refractivity contribution in [2.75, 3.05) is 13.7 Å². The number of aryl methyl sites for hydroxylation is 2. The Bertz CT molecular complexity index is 1550. The molecular formula is C31H32ClN3O7. The van der Waals surface area contributed by atoms with Gasteiger partial charge >= 0.3 is 11.9 Å². The molecule has 0 spiro atoms. The normalized spacial score (nSPS) is 11.8. The molecule has 0 unspecified atom stereocenters. The number of nitrogens with one attached hydrogen (secondary N) is 1. The Hall–Kier alpha value is -4.70. The molecule has 0 bridgehead atoms. The van der Waals surface area contributed by atoms with Crippen molar-refractivity contribution in [3.63, 3.8) is 0 Å². The molecule has 2 aromatic carbocycles. The van der Waals surface area contributed by atoms with Crippen LogP contribution in [-0.4, -0.2) is 42.5 Å². The Morgan fingerprint density at radius 1 is 1.05 bits per heavy atom. The number of amides is 1. The molecule has 11 heteroatoms. The molecule has 0 aliphatic rings. The molecule has 42 heavy (non-hydrogen) atoms. The van der Waals surface area contributed by atoms with Gasteiger partial charge in [-0.1, -0.05) is 11.6 Å². The zero-order chi connectivity index (χ0) is 30.2. The molecule has 10 nitrogen and oxygen atoms in total. The smallest absolute Gasteiger partial charge is 0.346 e. The van der Waals surface area contributed by atoms with Crippen molar-refractivity contribution in [3.05, 3.63) is 94.2 Å². The molecule has 0 fully saturated rings. The molecule has 1 atom stereocenters. The number of carbonyl (C=O) groups is 2. The molecule has 1 N–H and O–H groups in total. The first-order valence-corrected chi connectivity index (χ1v) is 13.6. The van der Waals surface area contributed by atoms with Gasteiger partial charge in [-0.25, -0.2) is 10.2 Å². The van der Waals surface area contributed by atoms with Crippen molar-refractivity contribution in [1.29, 1.82) is 0 Å². The molecule has 0 saturated carbocycles. The first-order chi connectivity index (χ1) is 20.2. The van der Waals surface area contributed by atoms with Crippen LogP contribution in [0, 0.1) is 13.8 Å². The third-order valence-corrected chi connectivity index (χ3v) is 6.45. The van der Waals surface area contributed by atoms with Crippen LogP contribution in [0.5, 0.6) is 17.2 Å². The Morgan fingerprint density at radius 3 is 2.43 bits per heavy atom. The first-order valence-electron chi connectivity index (χ1n) is 13.2. The predicted octanol–water partition coefficient (Wildman–Crippen LogP) is 6.02. The summed E-state index contributed by atoms with van der Waals surface area (Å²) < 4.78 is 29.6. The average Bonchev–Trinajstić information content (AvgIpc) is 3.59. The third-order valence-electron chi connectivity index (χ3n) is 6.17. The van der Waals surface area contributed by atoms with E-state index in [1.54, 1.807) is 38.1 Å². The molecule has 4 aromatic rings. The lowest BCUT2D eigenvalue weighted by Crippen LogP contribution is -2.25. The molecule has 0 aliphatic carbocycles. The summed E-state index contributed by atoms with van der Waals surface area (Å²) in [6.45, 7) is 7.95. The number of rotatable bonds is 12. The summed E-state index contributed by atoms with van der Waals surface area (Å²) in [5.74, 6) is 0.654. The van der Waals surface area contributed by atoms with Crippen molar-refractivity contribution in [1.82, 2.24) is 9.99 Å². The van der Waals surface area contributed by atoms with E-state index in [0.29, 0.717) is 29.4 Å². The number of halogens is 1. The highest BCUT2D eigenvalue weighted by molar-refractivity contribution is 6.32. The monoisotopic (exact) mass is 593 g/mol. The standard InChI is InChI=1S/C31H32ClN3O7/c1-6-39-28-16-22(15-26(32)29(28)41-21(4)31(37)38-5)17-33-34-30(36)27-14-13-25(42-27)18-40-24-11-9-23(10-12-24)35-19(2)7-8-20(35)3/h7-17,21H,6,18H2,1-5H3,(H,34,36)/b33-17+/t21-/m0/s1. The topological polar surface area (TPSA) is 114 Å². The number of ether oxygens (including phenoxy) is 4. The van der Waals surface area contributed by atoms with Crippen LogP contribution in [0.2, 0.25) is 5.02 Å². The molecule has 0 saturated heterocycles. The molecule has 0 aliphatic heterocycles. The predicted molar refractivity (Wildman–Crippen MR) is 158 cm³/mol. The number of hydrogen-bond acceptors (Lipinski definition) is 8. The van der Waals surface area contributed by atoms with Crippen LogP contribution in [0.4, 0.5) is 0 Å². The van der Waals surface area contributed by atoms with Crippen molar-refractivity contribution in [3.8, 4) is 22.9 Å². The highest BCUT2D eigenvalue weighted by Crippen LogP contribution is 2.37. The molecule has 1 amide bonds. The van der Waals surface area contributed by atoms with Crippen molar-refractivity contribution in [2.24, 2.45) is 5.10 Å². The maximum absolute atomic E-state index is 12.6. The molecule has 4 rings (SSSR count). The van der Waals surface area contributed by atoms with Crippen LogP contribution >= 0.6 is 11.6 Å². The summed E-state index contributed by atoms with van der Waals surface area (Å²) in [5, 5.41) is 4.19. The Kier molecular flexibility index (Phi) is 9.93. The lowest BCUT2D eigenvalue weighted by Gasteiger charge is -2.17. The highest BCUT2D eigenvalue weighted by atomic mass is 35.5. The zero-order valence-electron chi connectivity index (χ0n) is 24.0. The van der Waals surface area contributed by atoms with E-state index < -0.39 is 18.0 Å². The van der Waals surface area contributed by atoms with Gasteiger partial charge in [0.1, 0.15) is 18.1 Å². The van der Waals surface area contributed by atoms with Gasteiger partial charge in [0, 0.05) is 17.1 Å². The third kappa shape index (κ3) is 7.32. The fourth-order valence-corrected chi connectivity index (χ4v) is 4.41. The molecule has 0 radical (unpaired) electrons. The second-order valence-corrected chi connectivity index (χ2v) is 9.65. The number of hydrazone groups is 1. The van der Waals surface area contributed by atoms with Crippen LogP contribution in [0.3, 0.4) is 0 Å². The molecule has 2 heterocycles. The lowest BCUT2D eigenvalue weighted by molar-refractivity contribution is -0.147. The van der Waals surface area contributed by atoms with E-state index in [4.69, 9.17) is 35.0 Å². The van der Waals surface area contributed by atoms with Gasteiger partial charge in [-0.05, 0) is 93.9 Å². The largest absolute Gasteiger partial charge is 0.490 e. The van der Waals surface area contributed by atoms with Crippen LogP contribution in [0.1, 0.15) is 47.1 Å². The van der Waals surface area contributed by atoms with E-state index >= 15 is 0 Å². The zero-order valence-corrected chi connectivity index (χ0v) is 24.7. The number of esters is 1. The summed E-state index contributed by atoms with van der Waals surface area (Å²) in [6.07, 6.45) is 0.506. The van der Waals surface area contributed by atoms with Gasteiger partial charge in [0.05, 0.1) is 25.0 Å². The maximum atomic E-state index is 12.6. The van der Waals surface area contributed by atoms with Crippen LogP contribution in [0.25, 0.3) is 5.69 Å². The van der Waals surface area contributed by atoms with E-state index in [9.17, 15) is 9.59 Å². The summed E-state index contributed by atoms with van der Waals surface area (Å²) in [4.78, 5) is 24.3. The number of methoxy groups -OCH3 is 1. The number of hydrogen-bond donors (Lipinski definition) is 1. The van der Waals surface area contributed by atoms with Gasteiger partial charge in [0.2, 0.25) is 0 Å². The minimum Gasteiger partial charge on any atom is -0.490 e. The van der Waals surface area contributed by atoms with E-state index in [1.807, 2.05) is 24.3 Å². The van der Waals surface area contributed by atoms with E-state index in [-0.39, 0.29) is 23.1 Å². The number of aromatic nitrogens is 1. The van der Waals surface area contributed by atoms with Crippen LogP contribution in [0.15, 0.2) is 70.2 Å². The van der Waals surface area contributed by atoms with Gasteiger partial charge in [0.15, 0.2) is 23.4 Å². The summed E-state index contributed by atoms with van der Waals surface area (Å²) in [7, 11) is 1.27. The maximum Gasteiger partial charge on any atom is 0.346 e. The molecule has 2 aromatic heterocycles. The van der Waals surface area contributed by atoms with E-state index in [0.717, 1.165) is 17.1 Å². The SMILES string of the molecule is CCOc1cc(/C=N/NC(=O)c2ccc(COc3ccc(-n4c(C)ccc4C)cc3)o2)cc(Cl)c1O[C@@H](C)C(=O)OC. The molecule has 220 valence electrons. The van der Waals surface area contributed by atoms with Gasteiger partial charge in [0.25, 0.3) is 0 Å². The van der Waals surface area contributed by atoms with Gasteiger partial charge in [-0.3, -0.25) is 4.79 Å². The second kappa shape index (κ2) is 13.8. The fourth-order valence-electron chi connectivity index (χ4n) is 4.15. The lowest BCUT2D eigenvalue weighted by atomic mass is 10.2. The van der Waals surface area contributed by atoms with E-state index in [1.165, 1.54) is 13.3 Å². The van der Waals surface area contributed by atoms with Crippen LogP contribution in [-0.2, 0) is 16.1 Å². The Balaban J connectivity index is 1.34. The summed E-state index contributed by atoms with van der Waals surface area (Å²) in [6, 6.07) is 18.3. The van der Waals surface area contributed by atoms with Crippen LogP contribution < -0.4 is 19.6 Å². The Labute approximate surface area is 248 Å². The van der Waals surface area contributed by atoms with Gasteiger partial charge in [-0.15, -0.1) is 0 Å². The minimum absolute atomic E-state index is 0.0771. The first kappa shape index (κ1) is 30.3. The van der Waals surface area contributed by atoms with Gasteiger partial charge < -0.3 is 27.9 Å². The summed E-state index contributed by atoms with van der Waals surface area (Å²) in [5.41, 5.74) is 6.31. The quantitative estimate of drug-likeness (QED) is 0.121. The number of nitrogens with zero attached hydrogens (tertiary/aromatic N) is 2. The average molecular weight is 594 g/mol. The minimum atomic E-state index is -0.890. The fraction of sp³-hybridized carbons (Fsp3) is 0.258. The number of benzene rings is 2. The second-order valence-electron chi connectivity index (χ2n) is 9.25. The number of carbonyl (C=O) groups excluding carboxylic acids is 2. The summed E-state index contributed by atoms with van der Waals surface area (Å²) >= 11 is 6.39.